The third kappa shape index (κ3) is 30.2. The number of rotatable bonds is 7. The van der Waals surface area contributed by atoms with Gasteiger partial charge in [-0.2, -0.15) is 0 Å². The van der Waals surface area contributed by atoms with Crippen LogP contribution in [0.25, 0.3) is 0 Å². The van der Waals surface area contributed by atoms with Gasteiger partial charge in [0.05, 0.1) is 11.9 Å². The Morgan fingerprint density at radius 1 is 0.750 bits per heavy atom. The summed E-state index contributed by atoms with van der Waals surface area (Å²) in [5, 5.41) is 24.7. The molecule has 0 radical (unpaired) electrons. The maximum atomic E-state index is 9.84. The standard InChI is InChI=1S/C6H12N2O4.4Na/c9-5(10)3-7-1-2-8-4-6(11)12;;;;/h7-8H,1-4H2,(H,9,10)(H,11,12);;;;/q;4*+1/p-2. The smallest absolute Gasteiger partial charge is 0.549 e. The first-order valence-corrected chi connectivity index (χ1v) is 3.44. The Morgan fingerprint density at radius 2 is 1.00 bits per heavy atom. The van der Waals surface area contributed by atoms with E-state index in [-0.39, 0.29) is 131 Å². The van der Waals surface area contributed by atoms with Crippen molar-refractivity contribution in [3.8, 4) is 0 Å². The fourth-order valence-electron chi connectivity index (χ4n) is 0.558. The summed E-state index contributed by atoms with van der Waals surface area (Å²) >= 11 is 0. The van der Waals surface area contributed by atoms with Crippen LogP contribution < -0.4 is 139 Å². The molecule has 0 spiro atoms. The summed E-state index contributed by atoms with van der Waals surface area (Å²) in [4.78, 5) is 19.7. The van der Waals surface area contributed by atoms with Crippen molar-refractivity contribution in [1.29, 1.82) is 0 Å². The molecule has 16 heavy (non-hydrogen) atoms. The van der Waals surface area contributed by atoms with E-state index in [0.29, 0.717) is 13.1 Å². The van der Waals surface area contributed by atoms with Crippen molar-refractivity contribution in [1.82, 2.24) is 10.6 Å². The Hall–Kier alpha value is 2.86. The van der Waals surface area contributed by atoms with Gasteiger partial charge in [-0.15, -0.1) is 0 Å². The number of carboxylic acids is 2. The van der Waals surface area contributed by atoms with Crippen molar-refractivity contribution in [3.63, 3.8) is 0 Å². The molecule has 0 saturated heterocycles. The largest absolute Gasteiger partial charge is 1.00 e. The van der Waals surface area contributed by atoms with E-state index in [1.54, 1.807) is 0 Å². The molecule has 0 rings (SSSR count). The van der Waals surface area contributed by atoms with Crippen LogP contribution in [-0.4, -0.2) is 38.1 Å². The predicted octanol–water partition coefficient (Wildman–Crippen LogP) is -16.3. The van der Waals surface area contributed by atoms with Crippen molar-refractivity contribution >= 4 is 11.9 Å². The first-order valence-electron chi connectivity index (χ1n) is 3.44. The summed E-state index contributed by atoms with van der Waals surface area (Å²) in [5.41, 5.74) is 0. The maximum Gasteiger partial charge on any atom is 1.00 e. The quantitative estimate of drug-likeness (QED) is 0.350. The van der Waals surface area contributed by atoms with Crippen molar-refractivity contribution in [2.45, 2.75) is 0 Å². The van der Waals surface area contributed by atoms with E-state index in [1.807, 2.05) is 0 Å². The first kappa shape index (κ1) is 31.3. The Morgan fingerprint density at radius 3 is 1.19 bits per heavy atom. The van der Waals surface area contributed by atoms with Crippen LogP contribution in [-0.2, 0) is 9.59 Å². The molecule has 0 atom stereocenters. The maximum absolute atomic E-state index is 9.84. The molecule has 2 N–H and O–H groups in total. The van der Waals surface area contributed by atoms with Gasteiger partial charge in [-0.25, -0.2) is 0 Å². The molecule has 0 aliphatic rings. The first-order chi connectivity index (χ1) is 5.63. The molecular weight excluding hydrogens is 256 g/mol. The van der Waals surface area contributed by atoms with E-state index in [9.17, 15) is 19.8 Å². The minimum atomic E-state index is -1.19. The molecule has 6 nitrogen and oxygen atoms in total. The summed E-state index contributed by atoms with van der Waals surface area (Å²) in [5.74, 6) is -2.37. The van der Waals surface area contributed by atoms with Crippen LogP contribution in [0.2, 0.25) is 0 Å². The normalized spacial score (nSPS) is 7.25. The van der Waals surface area contributed by atoms with Crippen LogP contribution in [0.15, 0.2) is 0 Å². The van der Waals surface area contributed by atoms with Gasteiger partial charge in [0.1, 0.15) is 0 Å². The molecule has 0 aromatic rings. The minimum absolute atomic E-state index is 0. The summed E-state index contributed by atoms with van der Waals surface area (Å²) in [6.45, 7) is 0.294. The zero-order valence-electron chi connectivity index (χ0n) is 10.5. The Balaban J connectivity index is -0.000000101. The number of hydrogen-bond donors (Lipinski definition) is 2. The Bertz CT molecular complexity index is 155. The van der Waals surface area contributed by atoms with Gasteiger partial charge >= 0.3 is 118 Å². The van der Waals surface area contributed by atoms with Gasteiger partial charge in [0.25, 0.3) is 0 Å². The Kier molecular flexibility index (Phi) is 45.0. The zero-order valence-corrected chi connectivity index (χ0v) is 18.5. The molecule has 0 amide bonds. The monoisotopic (exact) mass is 266 g/mol. The molecule has 10 heteroatoms. The summed E-state index contributed by atoms with van der Waals surface area (Å²) in [7, 11) is 0. The van der Waals surface area contributed by atoms with Crippen LogP contribution >= 0.6 is 0 Å². The molecule has 0 saturated carbocycles. The van der Waals surface area contributed by atoms with Crippen LogP contribution in [0, 0.1) is 0 Å². The van der Waals surface area contributed by atoms with Gasteiger partial charge in [-0.1, -0.05) is 0 Å². The van der Waals surface area contributed by atoms with Gasteiger partial charge in [0, 0.05) is 26.2 Å². The second-order valence-electron chi connectivity index (χ2n) is 2.10. The second-order valence-corrected chi connectivity index (χ2v) is 2.10. The molecule has 0 unspecified atom stereocenters. The third-order valence-corrected chi connectivity index (χ3v) is 1.02. The summed E-state index contributed by atoms with van der Waals surface area (Å²) in [6, 6.07) is 0. The average molecular weight is 266 g/mol. The summed E-state index contributed by atoms with van der Waals surface area (Å²) < 4.78 is 0. The third-order valence-electron chi connectivity index (χ3n) is 1.02. The average Bonchev–Trinajstić information content (AvgIpc) is 1.95. The van der Waals surface area contributed by atoms with Crippen molar-refractivity contribution < 1.29 is 138 Å². The van der Waals surface area contributed by atoms with Crippen LogP contribution in [0.5, 0.6) is 0 Å². The van der Waals surface area contributed by atoms with Gasteiger partial charge < -0.3 is 30.4 Å². The summed E-state index contributed by atoms with van der Waals surface area (Å²) in [6.07, 6.45) is 0. The SMILES string of the molecule is O=C([O-])CNCCNCC(=O)[O-].[Na+].[Na+].[Na+].[Na+]. The van der Waals surface area contributed by atoms with E-state index in [0.717, 1.165) is 0 Å². The molecule has 0 fully saturated rings. The van der Waals surface area contributed by atoms with Crippen molar-refractivity contribution in [2.75, 3.05) is 26.2 Å². The van der Waals surface area contributed by atoms with Crippen LogP contribution in [0.4, 0.5) is 0 Å². The number of aliphatic carboxylic acids is 2. The van der Waals surface area contributed by atoms with Gasteiger partial charge in [0.2, 0.25) is 0 Å². The van der Waals surface area contributed by atoms with Crippen molar-refractivity contribution in [3.05, 3.63) is 0 Å². The molecule has 0 aliphatic heterocycles. The van der Waals surface area contributed by atoms with E-state index < -0.39 is 11.9 Å². The molecular formula is C6H10N2Na4O4+2. The van der Waals surface area contributed by atoms with Crippen LogP contribution in [0.1, 0.15) is 0 Å². The fourth-order valence-corrected chi connectivity index (χ4v) is 0.558. The topological polar surface area (TPSA) is 104 Å². The second kappa shape index (κ2) is 23.0. The molecule has 0 aliphatic carbocycles. The van der Waals surface area contributed by atoms with E-state index in [4.69, 9.17) is 0 Å². The number of carboxylic acid groups (broad SMARTS) is 2. The predicted molar refractivity (Wildman–Crippen MR) is 35.8 cm³/mol. The van der Waals surface area contributed by atoms with E-state index in [2.05, 4.69) is 10.6 Å². The van der Waals surface area contributed by atoms with E-state index >= 15 is 0 Å². The Labute approximate surface area is 183 Å². The molecule has 0 heterocycles. The van der Waals surface area contributed by atoms with Crippen molar-refractivity contribution in [2.24, 2.45) is 0 Å². The number of nitrogens with one attached hydrogen (secondary N) is 2. The van der Waals surface area contributed by atoms with Gasteiger partial charge in [-0.3, -0.25) is 0 Å². The van der Waals surface area contributed by atoms with Gasteiger partial charge in [-0.05, 0) is 0 Å². The number of carbonyl (C=O) groups excluding carboxylic acids is 2. The molecule has 70 valence electrons. The zero-order chi connectivity index (χ0) is 9.40. The van der Waals surface area contributed by atoms with Gasteiger partial charge in [0.15, 0.2) is 0 Å². The molecule has 0 aromatic carbocycles. The molecule has 0 bridgehead atoms. The van der Waals surface area contributed by atoms with E-state index in [1.165, 1.54) is 0 Å². The minimum Gasteiger partial charge on any atom is -0.549 e. The van der Waals surface area contributed by atoms with Crippen LogP contribution in [0.3, 0.4) is 0 Å². The number of hydrogen-bond acceptors (Lipinski definition) is 6. The number of carbonyl (C=O) groups is 2. The fraction of sp³-hybridized carbons (Fsp3) is 0.667. The molecule has 0 aromatic heterocycles.